The van der Waals surface area contributed by atoms with Gasteiger partial charge >= 0.3 is 0 Å². The van der Waals surface area contributed by atoms with E-state index >= 15 is 0 Å². The lowest BCUT2D eigenvalue weighted by Crippen LogP contribution is -2.52. The van der Waals surface area contributed by atoms with Gasteiger partial charge in [0, 0.05) is 30.1 Å². The molecule has 0 spiro atoms. The Labute approximate surface area is 126 Å². The maximum atomic E-state index is 9.49. The van der Waals surface area contributed by atoms with Gasteiger partial charge in [-0.3, -0.25) is 4.99 Å². The van der Waals surface area contributed by atoms with Crippen LogP contribution in [0.5, 0.6) is 0 Å². The molecule has 0 aromatic rings. The summed E-state index contributed by atoms with van der Waals surface area (Å²) in [5.74, 6) is 2.10. The zero-order valence-corrected chi connectivity index (χ0v) is 13.6. The quantitative estimate of drug-likeness (QED) is 0.594. The van der Waals surface area contributed by atoms with Gasteiger partial charge in [0.25, 0.3) is 0 Å². The second kappa shape index (κ2) is 6.54. The van der Waals surface area contributed by atoms with E-state index in [0.717, 1.165) is 31.3 Å². The zero-order valence-electron chi connectivity index (χ0n) is 12.8. The van der Waals surface area contributed by atoms with E-state index in [4.69, 9.17) is 9.73 Å². The molecule has 2 N–H and O–H groups in total. The first-order valence-electron chi connectivity index (χ1n) is 7.36. The smallest absolute Gasteiger partial charge is 0.194 e. The van der Waals surface area contributed by atoms with Crippen LogP contribution in [0, 0.1) is 5.41 Å². The normalized spacial score (nSPS) is 25.2. The molecule has 2 aliphatic heterocycles. The highest BCUT2D eigenvalue weighted by molar-refractivity contribution is 8.00. The summed E-state index contributed by atoms with van der Waals surface area (Å²) in [4.78, 5) is 7.09. The fourth-order valence-electron chi connectivity index (χ4n) is 2.49. The fraction of sp³-hybridized carbons (Fsp3) is 0.929. The summed E-state index contributed by atoms with van der Waals surface area (Å²) in [6.07, 6.45) is 0. The van der Waals surface area contributed by atoms with E-state index in [1.54, 1.807) is 0 Å². The molecule has 20 heavy (non-hydrogen) atoms. The molecule has 0 amide bonds. The van der Waals surface area contributed by atoms with Crippen molar-refractivity contribution in [2.24, 2.45) is 10.4 Å². The lowest BCUT2D eigenvalue weighted by molar-refractivity contribution is -0.130. The third-order valence-electron chi connectivity index (χ3n) is 3.78. The van der Waals surface area contributed by atoms with Gasteiger partial charge in [0.15, 0.2) is 5.96 Å². The van der Waals surface area contributed by atoms with Crippen molar-refractivity contribution in [2.75, 3.05) is 51.8 Å². The second-order valence-electron chi connectivity index (χ2n) is 6.35. The zero-order chi connectivity index (χ0) is 14.6. The lowest BCUT2D eigenvalue weighted by Gasteiger charge is -2.41. The highest BCUT2D eigenvalue weighted by atomic mass is 32.2. The fourth-order valence-corrected chi connectivity index (χ4v) is 3.60. The molecule has 5 nitrogen and oxygen atoms in total. The van der Waals surface area contributed by atoms with E-state index < -0.39 is 0 Å². The number of hydrogen-bond acceptors (Lipinski definition) is 4. The Bertz CT molecular complexity index is 351. The van der Waals surface area contributed by atoms with Crippen LogP contribution in [-0.2, 0) is 4.74 Å². The van der Waals surface area contributed by atoms with Crippen LogP contribution in [0.1, 0.15) is 20.8 Å². The minimum Gasteiger partial charge on any atom is -0.396 e. The number of hydrogen-bond donors (Lipinski definition) is 2. The molecule has 116 valence electrons. The molecule has 2 fully saturated rings. The molecule has 0 aliphatic carbocycles. The molecule has 2 heterocycles. The topological polar surface area (TPSA) is 57.1 Å². The minimum absolute atomic E-state index is 0.150. The summed E-state index contributed by atoms with van der Waals surface area (Å²) in [5.41, 5.74) is -0.152. The van der Waals surface area contributed by atoms with Gasteiger partial charge < -0.3 is 20.1 Å². The van der Waals surface area contributed by atoms with Crippen molar-refractivity contribution in [3.8, 4) is 0 Å². The molecule has 0 atom stereocenters. The molecule has 0 radical (unpaired) electrons. The van der Waals surface area contributed by atoms with Gasteiger partial charge in [-0.05, 0) is 20.8 Å². The monoisotopic (exact) mass is 301 g/mol. The van der Waals surface area contributed by atoms with Gasteiger partial charge in [-0.25, -0.2) is 0 Å². The maximum absolute atomic E-state index is 9.49. The van der Waals surface area contributed by atoms with Crippen LogP contribution in [0.15, 0.2) is 4.99 Å². The summed E-state index contributed by atoms with van der Waals surface area (Å²) < 4.78 is 5.50. The van der Waals surface area contributed by atoms with Crippen molar-refractivity contribution in [3.63, 3.8) is 0 Å². The molecule has 0 unspecified atom stereocenters. The molecular formula is C14H27N3O2S. The number of nitrogens with one attached hydrogen (secondary N) is 1. The van der Waals surface area contributed by atoms with Crippen molar-refractivity contribution in [1.29, 1.82) is 0 Å². The van der Waals surface area contributed by atoms with Crippen molar-refractivity contribution < 1.29 is 9.84 Å². The van der Waals surface area contributed by atoms with E-state index in [1.165, 1.54) is 0 Å². The number of aliphatic hydroxyl groups excluding tert-OH is 1. The number of aliphatic imine (C=N–C) groups is 1. The summed E-state index contributed by atoms with van der Waals surface area (Å²) in [7, 11) is 0. The number of thioether (sulfide) groups is 1. The predicted molar refractivity (Wildman–Crippen MR) is 84.4 cm³/mol. The standard InChI is InChI=1S/C14H27N3O2S/c1-4-15-12(16-7-14(9-18)10-19-11-14)17-5-6-20-13(2,3)8-17/h18H,4-11H2,1-3H3,(H,15,16). The van der Waals surface area contributed by atoms with Crippen molar-refractivity contribution >= 4 is 17.7 Å². The van der Waals surface area contributed by atoms with Crippen LogP contribution < -0.4 is 5.32 Å². The highest BCUT2D eigenvalue weighted by Gasteiger charge is 2.38. The molecule has 0 aromatic heterocycles. The Morgan fingerprint density at radius 2 is 2.20 bits per heavy atom. The van der Waals surface area contributed by atoms with E-state index in [-0.39, 0.29) is 16.8 Å². The van der Waals surface area contributed by atoms with Gasteiger partial charge in [-0.1, -0.05) is 0 Å². The number of aliphatic hydroxyl groups is 1. The van der Waals surface area contributed by atoms with Crippen molar-refractivity contribution in [1.82, 2.24) is 10.2 Å². The lowest BCUT2D eigenvalue weighted by atomic mass is 9.87. The average Bonchev–Trinajstić information content (AvgIpc) is 2.35. The first-order chi connectivity index (χ1) is 9.50. The second-order valence-corrected chi connectivity index (χ2v) is 8.15. The number of rotatable bonds is 4. The average molecular weight is 301 g/mol. The Balaban J connectivity index is 2.02. The Hall–Kier alpha value is -0.460. The first-order valence-corrected chi connectivity index (χ1v) is 8.35. The number of ether oxygens (including phenoxy) is 1. The molecule has 2 aliphatic rings. The molecule has 2 rings (SSSR count). The van der Waals surface area contributed by atoms with Gasteiger partial charge in [-0.15, -0.1) is 0 Å². The third-order valence-corrected chi connectivity index (χ3v) is 5.07. The van der Waals surface area contributed by atoms with Crippen LogP contribution in [-0.4, -0.2) is 72.5 Å². The van der Waals surface area contributed by atoms with Crippen LogP contribution in [0.25, 0.3) is 0 Å². The largest absolute Gasteiger partial charge is 0.396 e. The van der Waals surface area contributed by atoms with E-state index in [0.29, 0.717) is 19.8 Å². The first kappa shape index (κ1) is 15.9. The van der Waals surface area contributed by atoms with E-state index in [2.05, 4.69) is 31.0 Å². The van der Waals surface area contributed by atoms with Gasteiger partial charge in [0.2, 0.25) is 0 Å². The van der Waals surface area contributed by atoms with Crippen LogP contribution in [0.4, 0.5) is 0 Å². The third kappa shape index (κ3) is 3.80. The Kier molecular flexibility index (Phi) is 5.20. The molecule has 2 saturated heterocycles. The molecular weight excluding hydrogens is 274 g/mol. The summed E-state index contributed by atoms with van der Waals surface area (Å²) >= 11 is 2.02. The summed E-state index contributed by atoms with van der Waals surface area (Å²) in [5, 5.41) is 12.9. The van der Waals surface area contributed by atoms with Crippen LogP contribution >= 0.6 is 11.8 Å². The molecule has 0 saturated carbocycles. The van der Waals surface area contributed by atoms with E-state index in [9.17, 15) is 5.11 Å². The van der Waals surface area contributed by atoms with E-state index in [1.807, 2.05) is 11.8 Å². The predicted octanol–water partition coefficient (Wildman–Crippen LogP) is 0.788. The molecule has 0 aromatic carbocycles. The summed E-state index contributed by atoms with van der Waals surface area (Å²) in [6, 6.07) is 0. The number of nitrogens with zero attached hydrogens (tertiary/aromatic N) is 2. The maximum Gasteiger partial charge on any atom is 0.194 e. The number of guanidine groups is 1. The minimum atomic E-state index is -0.152. The molecule has 0 bridgehead atoms. The van der Waals surface area contributed by atoms with Crippen molar-refractivity contribution in [2.45, 2.75) is 25.5 Å². The molecule has 6 heteroatoms. The van der Waals surface area contributed by atoms with Gasteiger partial charge in [0.05, 0.1) is 31.8 Å². The Morgan fingerprint density at radius 3 is 2.70 bits per heavy atom. The SMILES string of the molecule is CCNC(=NCC1(CO)COC1)N1CCSC(C)(C)C1. The van der Waals surface area contributed by atoms with Crippen LogP contribution in [0.3, 0.4) is 0 Å². The summed E-state index contributed by atoms with van der Waals surface area (Å²) in [6.45, 7) is 11.6. The van der Waals surface area contributed by atoms with Crippen molar-refractivity contribution in [3.05, 3.63) is 0 Å². The van der Waals surface area contributed by atoms with Gasteiger partial charge in [-0.2, -0.15) is 11.8 Å². The highest BCUT2D eigenvalue weighted by Crippen LogP contribution is 2.30. The Morgan fingerprint density at radius 1 is 1.45 bits per heavy atom. The van der Waals surface area contributed by atoms with Gasteiger partial charge in [0.1, 0.15) is 0 Å². The van der Waals surface area contributed by atoms with Crippen LogP contribution in [0.2, 0.25) is 0 Å².